The first-order valence-electron chi connectivity index (χ1n) is 10.2. The van der Waals surface area contributed by atoms with E-state index >= 15 is 0 Å². The smallest absolute Gasteiger partial charge is 0.335 e. The highest BCUT2D eigenvalue weighted by Gasteiger charge is 2.38. The second-order valence-electron chi connectivity index (χ2n) is 7.72. The number of carbonyl (C=O) groups is 3. The molecule has 0 aliphatic carbocycles. The summed E-state index contributed by atoms with van der Waals surface area (Å²) in [6.07, 6.45) is 1.70. The van der Waals surface area contributed by atoms with E-state index in [-0.39, 0.29) is 23.5 Å². The van der Waals surface area contributed by atoms with Crippen molar-refractivity contribution in [2.75, 3.05) is 7.11 Å². The highest BCUT2D eigenvalue weighted by atomic mass is 16.5. The number of hydrogen-bond donors (Lipinski definition) is 1. The van der Waals surface area contributed by atoms with E-state index in [1.54, 1.807) is 49.6 Å². The van der Waals surface area contributed by atoms with Crippen molar-refractivity contribution in [3.8, 4) is 17.2 Å². The van der Waals surface area contributed by atoms with Gasteiger partial charge in [-0.1, -0.05) is 24.3 Å². The Morgan fingerprint density at radius 3 is 2.39 bits per heavy atom. The summed E-state index contributed by atoms with van der Waals surface area (Å²) in [6.45, 7) is 0. The third-order valence-electron chi connectivity index (χ3n) is 5.75. The quantitative estimate of drug-likeness (QED) is 0.362. The Morgan fingerprint density at radius 2 is 1.73 bits per heavy atom. The van der Waals surface area contributed by atoms with Crippen molar-refractivity contribution >= 4 is 23.8 Å². The summed E-state index contributed by atoms with van der Waals surface area (Å²) in [7, 11) is 1.58. The molecule has 5 rings (SSSR count). The lowest BCUT2D eigenvalue weighted by atomic mass is 9.84. The fraction of sp³-hybridized carbons (Fsp3) is 0.115. The van der Waals surface area contributed by atoms with E-state index in [1.165, 1.54) is 12.1 Å². The van der Waals surface area contributed by atoms with Crippen LogP contribution in [-0.2, 0) is 4.79 Å². The maximum absolute atomic E-state index is 13.0. The van der Waals surface area contributed by atoms with Crippen LogP contribution in [-0.4, -0.2) is 29.9 Å². The van der Waals surface area contributed by atoms with E-state index in [4.69, 9.17) is 14.2 Å². The van der Waals surface area contributed by atoms with E-state index < -0.39 is 17.9 Å². The van der Waals surface area contributed by atoms with E-state index in [1.807, 2.05) is 12.1 Å². The summed E-state index contributed by atoms with van der Waals surface area (Å²) in [5.74, 6) is -0.589. The van der Waals surface area contributed by atoms with Gasteiger partial charge in [-0.25, -0.2) is 4.79 Å². The van der Waals surface area contributed by atoms with Gasteiger partial charge in [-0.05, 0) is 53.6 Å². The third kappa shape index (κ3) is 3.63. The lowest BCUT2D eigenvalue weighted by Gasteiger charge is -2.26. The molecular formula is C26H18O7. The van der Waals surface area contributed by atoms with Crippen molar-refractivity contribution in [2.45, 2.75) is 12.3 Å². The molecule has 0 amide bonds. The number of carboxylic acids is 1. The number of allylic oxidation sites excluding steroid dienone is 1. The van der Waals surface area contributed by atoms with Crippen LogP contribution in [0.1, 0.15) is 49.7 Å². The number of rotatable bonds is 4. The van der Waals surface area contributed by atoms with Crippen molar-refractivity contribution in [3.05, 3.63) is 94.2 Å². The van der Waals surface area contributed by atoms with Gasteiger partial charge in [0.15, 0.2) is 5.76 Å². The van der Waals surface area contributed by atoms with Crippen LogP contribution in [0.25, 0.3) is 6.08 Å². The van der Waals surface area contributed by atoms with Crippen molar-refractivity contribution < 1.29 is 33.7 Å². The molecule has 3 aromatic carbocycles. The molecule has 0 spiro atoms. The second kappa shape index (κ2) is 7.94. The Hall–Kier alpha value is -4.39. The number of carboxylic acid groups (broad SMARTS) is 1. The summed E-state index contributed by atoms with van der Waals surface area (Å²) in [4.78, 5) is 36.5. The Morgan fingerprint density at radius 1 is 1.00 bits per heavy atom. The van der Waals surface area contributed by atoms with Gasteiger partial charge in [0.1, 0.15) is 17.2 Å². The van der Waals surface area contributed by atoms with E-state index in [2.05, 4.69) is 0 Å². The number of benzene rings is 3. The summed E-state index contributed by atoms with van der Waals surface area (Å²) in [5.41, 5.74) is 2.63. The minimum atomic E-state index is -1.03. The molecule has 0 bridgehead atoms. The highest BCUT2D eigenvalue weighted by Crippen LogP contribution is 2.49. The fourth-order valence-corrected chi connectivity index (χ4v) is 4.10. The van der Waals surface area contributed by atoms with E-state index in [0.29, 0.717) is 28.4 Å². The van der Waals surface area contributed by atoms with Gasteiger partial charge in [-0.2, -0.15) is 0 Å². The Balaban J connectivity index is 1.56. The van der Waals surface area contributed by atoms with Crippen LogP contribution in [0.5, 0.6) is 17.2 Å². The van der Waals surface area contributed by atoms with Crippen LogP contribution in [0.3, 0.4) is 0 Å². The zero-order chi connectivity index (χ0) is 23.1. The number of fused-ring (bicyclic) bond motifs is 3. The highest BCUT2D eigenvalue weighted by molar-refractivity contribution is 6.15. The minimum absolute atomic E-state index is 0.0466. The first kappa shape index (κ1) is 20.5. The van der Waals surface area contributed by atoms with E-state index in [9.17, 15) is 19.5 Å². The van der Waals surface area contributed by atoms with Crippen molar-refractivity contribution in [2.24, 2.45) is 0 Å². The molecule has 1 unspecified atom stereocenters. The molecule has 3 aromatic rings. The molecule has 1 N–H and O–H groups in total. The molecule has 33 heavy (non-hydrogen) atoms. The van der Waals surface area contributed by atoms with Crippen molar-refractivity contribution in [1.29, 1.82) is 0 Å². The normalized spacial score (nSPS) is 17.7. The first-order chi connectivity index (χ1) is 15.9. The van der Waals surface area contributed by atoms with Gasteiger partial charge in [0, 0.05) is 11.5 Å². The predicted molar refractivity (Wildman–Crippen MR) is 118 cm³/mol. The molecule has 164 valence electrons. The number of methoxy groups -OCH3 is 1. The summed E-state index contributed by atoms with van der Waals surface area (Å²) < 4.78 is 16.6. The molecule has 0 aromatic heterocycles. The monoisotopic (exact) mass is 442 g/mol. The molecular weight excluding hydrogens is 424 g/mol. The SMILES string of the molecule is COc1ccc(/C=C2\Oc3c(ccc4c3C(c3ccc(C(=O)O)cc3)CC(=O)O4)C2=O)cc1. The Labute approximate surface area is 188 Å². The first-order valence-corrected chi connectivity index (χ1v) is 10.2. The summed E-state index contributed by atoms with van der Waals surface area (Å²) >= 11 is 0. The molecule has 7 heteroatoms. The fourth-order valence-electron chi connectivity index (χ4n) is 4.10. The number of Topliss-reactive ketones (excluding diaryl/α,β-unsaturated/α-hetero) is 1. The lowest BCUT2D eigenvalue weighted by Crippen LogP contribution is -2.21. The van der Waals surface area contributed by atoms with Crippen LogP contribution in [0.2, 0.25) is 0 Å². The molecule has 0 saturated heterocycles. The zero-order valence-electron chi connectivity index (χ0n) is 17.5. The largest absolute Gasteiger partial charge is 0.497 e. The Kier molecular flexibility index (Phi) is 4.94. The summed E-state index contributed by atoms with van der Waals surface area (Å²) in [6, 6.07) is 16.7. The molecule has 7 nitrogen and oxygen atoms in total. The van der Waals surface area contributed by atoms with Gasteiger partial charge in [-0.15, -0.1) is 0 Å². The number of ketones is 1. The molecule has 1 atom stereocenters. The van der Waals surface area contributed by atoms with Crippen molar-refractivity contribution in [1.82, 2.24) is 0 Å². The topological polar surface area (TPSA) is 99.1 Å². The van der Waals surface area contributed by atoms with Crippen LogP contribution in [0.4, 0.5) is 0 Å². The van der Waals surface area contributed by atoms with Crippen LogP contribution >= 0.6 is 0 Å². The van der Waals surface area contributed by atoms with Crippen molar-refractivity contribution in [3.63, 3.8) is 0 Å². The van der Waals surface area contributed by atoms with Gasteiger partial charge in [-0.3, -0.25) is 9.59 Å². The molecule has 2 aliphatic heterocycles. The number of aromatic carboxylic acids is 1. The van der Waals surface area contributed by atoms with Gasteiger partial charge in [0.05, 0.1) is 24.7 Å². The number of hydrogen-bond acceptors (Lipinski definition) is 6. The molecule has 2 heterocycles. The molecule has 0 fully saturated rings. The average molecular weight is 442 g/mol. The number of ether oxygens (including phenoxy) is 3. The van der Waals surface area contributed by atoms with Gasteiger partial charge >= 0.3 is 11.9 Å². The number of esters is 1. The second-order valence-corrected chi connectivity index (χ2v) is 7.72. The van der Waals surface area contributed by atoms with Gasteiger partial charge in [0.25, 0.3) is 0 Å². The van der Waals surface area contributed by atoms with Crippen LogP contribution in [0, 0.1) is 0 Å². The Bertz CT molecular complexity index is 1320. The lowest BCUT2D eigenvalue weighted by molar-refractivity contribution is -0.135. The standard InChI is InChI=1S/C26H18O7/c1-31-17-8-2-14(3-9-17)12-21-24(28)18-10-11-20-23(25(18)33-21)19(13-22(27)32-20)15-4-6-16(7-5-15)26(29)30/h2-12,19H,13H2,1H3,(H,29,30)/b21-12-. The maximum Gasteiger partial charge on any atom is 0.335 e. The number of carbonyl (C=O) groups excluding carboxylic acids is 2. The maximum atomic E-state index is 13.0. The third-order valence-corrected chi connectivity index (χ3v) is 5.75. The molecule has 2 aliphatic rings. The zero-order valence-corrected chi connectivity index (χ0v) is 17.5. The van der Waals surface area contributed by atoms with Gasteiger partial charge < -0.3 is 19.3 Å². The summed E-state index contributed by atoms with van der Waals surface area (Å²) in [5, 5.41) is 9.18. The molecule has 0 saturated carbocycles. The average Bonchev–Trinajstić information content (AvgIpc) is 3.14. The van der Waals surface area contributed by atoms with Gasteiger partial charge in [0.2, 0.25) is 5.78 Å². The van der Waals surface area contributed by atoms with Crippen LogP contribution < -0.4 is 14.2 Å². The minimum Gasteiger partial charge on any atom is -0.497 e. The molecule has 0 radical (unpaired) electrons. The van der Waals surface area contributed by atoms with E-state index in [0.717, 1.165) is 11.1 Å². The predicted octanol–water partition coefficient (Wildman–Crippen LogP) is 4.45. The van der Waals surface area contributed by atoms with Crippen LogP contribution in [0.15, 0.2) is 66.4 Å².